The van der Waals surface area contributed by atoms with Gasteiger partial charge in [-0.2, -0.15) is 8.78 Å². The molecule has 0 fully saturated rings. The van der Waals surface area contributed by atoms with Gasteiger partial charge >= 0.3 is 6.61 Å². The fourth-order valence-corrected chi connectivity index (χ4v) is 2.56. The van der Waals surface area contributed by atoms with Gasteiger partial charge in [-0.15, -0.1) is 24.0 Å². The standard InChI is InChI=1S/C19H32F2N4O2.HI/c1-5-22-19(23-12-13-25(6-2)7-3)24-14-15-10-9-11-16(26-8-4)17(15)27-18(20)21;/h9-11,18H,5-8,12-14H2,1-4H3,(H2,22,23,24);1H. The van der Waals surface area contributed by atoms with Crippen molar-refractivity contribution in [2.45, 2.75) is 40.9 Å². The maximum Gasteiger partial charge on any atom is 0.387 e. The summed E-state index contributed by atoms with van der Waals surface area (Å²) in [5.74, 6) is 0.969. The molecule has 0 radical (unpaired) electrons. The van der Waals surface area contributed by atoms with E-state index in [1.165, 1.54) is 0 Å². The van der Waals surface area contributed by atoms with Gasteiger partial charge in [0.2, 0.25) is 0 Å². The zero-order valence-electron chi connectivity index (χ0n) is 17.1. The van der Waals surface area contributed by atoms with E-state index in [4.69, 9.17) is 4.74 Å². The van der Waals surface area contributed by atoms with E-state index in [0.29, 0.717) is 30.4 Å². The molecule has 0 aliphatic carbocycles. The number of nitrogens with one attached hydrogen (secondary N) is 2. The molecule has 0 saturated heterocycles. The summed E-state index contributed by atoms with van der Waals surface area (Å²) < 4.78 is 35.7. The van der Waals surface area contributed by atoms with E-state index in [1.54, 1.807) is 25.1 Å². The number of rotatable bonds is 12. The summed E-state index contributed by atoms with van der Waals surface area (Å²) in [6.07, 6.45) is 0. The van der Waals surface area contributed by atoms with Crippen molar-refractivity contribution < 1.29 is 18.3 Å². The molecule has 28 heavy (non-hydrogen) atoms. The minimum atomic E-state index is -2.92. The predicted molar refractivity (Wildman–Crippen MR) is 120 cm³/mol. The van der Waals surface area contributed by atoms with E-state index in [9.17, 15) is 8.78 Å². The Bertz CT molecular complexity index is 573. The van der Waals surface area contributed by atoms with Crippen LogP contribution >= 0.6 is 24.0 Å². The second kappa shape index (κ2) is 15.5. The van der Waals surface area contributed by atoms with Crippen LogP contribution in [0.2, 0.25) is 0 Å². The Labute approximate surface area is 184 Å². The molecule has 1 aromatic carbocycles. The van der Waals surface area contributed by atoms with Crippen LogP contribution in [0.3, 0.4) is 0 Å². The minimum Gasteiger partial charge on any atom is -0.490 e. The Kier molecular flexibility index (Phi) is 14.8. The number of alkyl halides is 2. The van der Waals surface area contributed by atoms with Crippen molar-refractivity contribution >= 4 is 29.9 Å². The van der Waals surface area contributed by atoms with Crippen LogP contribution in [-0.4, -0.2) is 56.8 Å². The van der Waals surface area contributed by atoms with Gasteiger partial charge in [-0.05, 0) is 33.0 Å². The summed E-state index contributed by atoms with van der Waals surface area (Å²) in [6, 6.07) is 5.07. The number of guanidine groups is 1. The third-order valence-corrected chi connectivity index (χ3v) is 3.93. The molecule has 0 aliphatic rings. The fourth-order valence-electron chi connectivity index (χ4n) is 2.56. The first-order chi connectivity index (χ1) is 13.0. The van der Waals surface area contributed by atoms with Crippen LogP contribution in [0, 0.1) is 0 Å². The lowest BCUT2D eigenvalue weighted by atomic mass is 10.2. The highest BCUT2D eigenvalue weighted by Crippen LogP contribution is 2.33. The van der Waals surface area contributed by atoms with Gasteiger partial charge in [-0.25, -0.2) is 4.99 Å². The maximum atomic E-state index is 12.8. The van der Waals surface area contributed by atoms with Crippen molar-refractivity contribution in [2.75, 3.05) is 39.3 Å². The molecule has 0 spiro atoms. The number of hydrogen-bond acceptors (Lipinski definition) is 4. The highest BCUT2D eigenvalue weighted by atomic mass is 127. The van der Waals surface area contributed by atoms with Crippen molar-refractivity contribution in [1.29, 1.82) is 0 Å². The van der Waals surface area contributed by atoms with Gasteiger partial charge in [0.1, 0.15) is 0 Å². The second-order valence-electron chi connectivity index (χ2n) is 5.70. The van der Waals surface area contributed by atoms with Gasteiger partial charge in [0.25, 0.3) is 0 Å². The first-order valence-corrected chi connectivity index (χ1v) is 9.49. The van der Waals surface area contributed by atoms with E-state index in [0.717, 1.165) is 26.2 Å². The van der Waals surface area contributed by atoms with Crippen LogP contribution in [0.15, 0.2) is 23.2 Å². The molecular weight excluding hydrogens is 481 g/mol. The van der Waals surface area contributed by atoms with Crippen molar-refractivity contribution in [3.63, 3.8) is 0 Å². The number of hydrogen-bond donors (Lipinski definition) is 2. The van der Waals surface area contributed by atoms with Gasteiger partial charge in [-0.3, -0.25) is 0 Å². The van der Waals surface area contributed by atoms with Gasteiger partial charge in [0.05, 0.1) is 13.2 Å². The fraction of sp³-hybridized carbons (Fsp3) is 0.632. The van der Waals surface area contributed by atoms with Crippen LogP contribution in [0.1, 0.15) is 33.3 Å². The molecule has 0 heterocycles. The minimum absolute atomic E-state index is 0. The molecular formula is C19H33F2IN4O2. The monoisotopic (exact) mass is 514 g/mol. The number of para-hydroxylation sites is 1. The van der Waals surface area contributed by atoms with Crippen LogP contribution < -0.4 is 20.1 Å². The number of likely N-dealkylation sites (N-methyl/N-ethyl adjacent to an activating group) is 1. The predicted octanol–water partition coefficient (Wildman–Crippen LogP) is 3.70. The molecule has 0 aromatic heterocycles. The molecule has 0 amide bonds. The smallest absolute Gasteiger partial charge is 0.387 e. The quantitative estimate of drug-likeness (QED) is 0.253. The van der Waals surface area contributed by atoms with Gasteiger partial charge in [-0.1, -0.05) is 26.0 Å². The Morgan fingerprint density at radius 2 is 1.86 bits per heavy atom. The SMILES string of the molecule is CCNC(=NCc1cccc(OCC)c1OC(F)F)NCCN(CC)CC.I. The van der Waals surface area contributed by atoms with E-state index in [2.05, 4.69) is 39.1 Å². The van der Waals surface area contributed by atoms with E-state index >= 15 is 0 Å². The molecule has 0 bridgehead atoms. The maximum absolute atomic E-state index is 12.8. The molecule has 6 nitrogen and oxygen atoms in total. The summed E-state index contributed by atoms with van der Waals surface area (Å²) in [7, 11) is 0. The molecule has 1 rings (SSSR count). The molecule has 1 aromatic rings. The Balaban J connectivity index is 0.00000729. The molecule has 0 saturated carbocycles. The van der Waals surface area contributed by atoms with Crippen LogP contribution in [0.5, 0.6) is 11.5 Å². The molecule has 9 heteroatoms. The Hall–Kier alpha value is -1.36. The molecule has 0 atom stereocenters. The van der Waals surface area contributed by atoms with Crippen LogP contribution in [0.4, 0.5) is 8.78 Å². The molecule has 0 aliphatic heterocycles. The number of benzene rings is 1. The summed E-state index contributed by atoms with van der Waals surface area (Å²) in [6.45, 7) is 9.98. The highest BCUT2D eigenvalue weighted by Gasteiger charge is 2.15. The van der Waals surface area contributed by atoms with Crippen molar-refractivity contribution in [1.82, 2.24) is 15.5 Å². The summed E-state index contributed by atoms with van der Waals surface area (Å²) in [5, 5.41) is 6.43. The lowest BCUT2D eigenvalue weighted by Gasteiger charge is -2.19. The average Bonchev–Trinajstić information content (AvgIpc) is 2.65. The molecule has 2 N–H and O–H groups in total. The van der Waals surface area contributed by atoms with Gasteiger partial charge < -0.3 is 25.0 Å². The number of halogens is 3. The zero-order chi connectivity index (χ0) is 20.1. The second-order valence-corrected chi connectivity index (χ2v) is 5.70. The Morgan fingerprint density at radius 3 is 2.43 bits per heavy atom. The lowest BCUT2D eigenvalue weighted by molar-refractivity contribution is -0.0520. The van der Waals surface area contributed by atoms with E-state index < -0.39 is 6.61 Å². The van der Waals surface area contributed by atoms with Crippen molar-refractivity contribution in [3.05, 3.63) is 23.8 Å². The third-order valence-electron chi connectivity index (χ3n) is 3.93. The summed E-state index contributed by atoms with van der Waals surface area (Å²) in [4.78, 5) is 6.80. The molecule has 162 valence electrons. The Morgan fingerprint density at radius 1 is 1.14 bits per heavy atom. The largest absolute Gasteiger partial charge is 0.490 e. The summed E-state index contributed by atoms with van der Waals surface area (Å²) >= 11 is 0. The topological polar surface area (TPSA) is 58.1 Å². The zero-order valence-corrected chi connectivity index (χ0v) is 19.5. The first kappa shape index (κ1) is 26.6. The van der Waals surface area contributed by atoms with Crippen LogP contribution in [0.25, 0.3) is 0 Å². The number of aliphatic imine (C=N–C) groups is 1. The van der Waals surface area contributed by atoms with Crippen LogP contribution in [-0.2, 0) is 6.54 Å². The van der Waals surface area contributed by atoms with Gasteiger partial charge in [0.15, 0.2) is 17.5 Å². The average molecular weight is 514 g/mol. The van der Waals surface area contributed by atoms with Crippen molar-refractivity contribution in [3.8, 4) is 11.5 Å². The van der Waals surface area contributed by atoms with E-state index in [1.807, 2.05) is 6.92 Å². The summed E-state index contributed by atoms with van der Waals surface area (Å²) in [5.41, 5.74) is 0.544. The highest BCUT2D eigenvalue weighted by molar-refractivity contribution is 14.0. The van der Waals surface area contributed by atoms with Gasteiger partial charge in [0, 0.05) is 25.2 Å². The van der Waals surface area contributed by atoms with E-state index in [-0.39, 0.29) is 36.3 Å². The lowest BCUT2D eigenvalue weighted by Crippen LogP contribution is -2.41. The number of nitrogens with zero attached hydrogens (tertiary/aromatic N) is 2. The first-order valence-electron chi connectivity index (χ1n) is 9.49. The third kappa shape index (κ3) is 9.72. The molecule has 0 unspecified atom stereocenters. The number of ether oxygens (including phenoxy) is 2. The normalized spacial score (nSPS) is 11.4. The van der Waals surface area contributed by atoms with Crippen molar-refractivity contribution in [2.24, 2.45) is 4.99 Å².